The molecule has 8 heteroatoms. The van der Waals surface area contributed by atoms with Gasteiger partial charge in [-0.15, -0.1) is 5.10 Å². The van der Waals surface area contributed by atoms with Crippen LogP contribution in [0.2, 0.25) is 0 Å². The van der Waals surface area contributed by atoms with Crippen LogP contribution in [-0.2, 0) is 16.0 Å². The van der Waals surface area contributed by atoms with Gasteiger partial charge in [0.25, 0.3) is 0 Å². The van der Waals surface area contributed by atoms with Gasteiger partial charge in [-0.3, -0.25) is 0 Å². The molecule has 0 amide bonds. The Kier molecular flexibility index (Phi) is 3.60. The summed E-state index contributed by atoms with van der Waals surface area (Å²) in [6.07, 6.45) is 11.3. The van der Waals surface area contributed by atoms with Crippen LogP contribution in [0, 0.1) is 10.8 Å². The molecular weight excluding hydrogens is 382 g/mol. The second-order valence-electron chi connectivity index (χ2n) is 10.1. The number of anilines is 1. The molecule has 0 bridgehead atoms. The van der Waals surface area contributed by atoms with Gasteiger partial charge in [0.1, 0.15) is 17.1 Å². The molecule has 5 aliphatic rings. The van der Waals surface area contributed by atoms with Gasteiger partial charge in [-0.1, -0.05) is 5.21 Å². The summed E-state index contributed by atoms with van der Waals surface area (Å²) in [7, 11) is 0. The number of aromatic nitrogens is 4. The Morgan fingerprint density at radius 1 is 1.07 bits per heavy atom. The Labute approximate surface area is 175 Å². The van der Waals surface area contributed by atoms with E-state index in [1.165, 1.54) is 25.7 Å². The largest absolute Gasteiger partial charge is 0.488 e. The molecule has 158 valence electrons. The molecule has 0 unspecified atom stereocenters. The summed E-state index contributed by atoms with van der Waals surface area (Å²) in [5.41, 5.74) is 3.56. The van der Waals surface area contributed by atoms with Gasteiger partial charge >= 0.3 is 0 Å². The van der Waals surface area contributed by atoms with Crippen molar-refractivity contribution in [1.82, 2.24) is 20.0 Å². The van der Waals surface area contributed by atoms with Crippen molar-refractivity contribution < 1.29 is 14.2 Å². The van der Waals surface area contributed by atoms with E-state index in [1.54, 1.807) is 4.68 Å². The van der Waals surface area contributed by atoms with Crippen LogP contribution < -0.4 is 9.64 Å². The van der Waals surface area contributed by atoms with Gasteiger partial charge in [0.15, 0.2) is 6.29 Å². The van der Waals surface area contributed by atoms with Crippen molar-refractivity contribution in [3.8, 4) is 17.1 Å². The first-order valence-corrected chi connectivity index (χ1v) is 11.2. The molecule has 8 nitrogen and oxygen atoms in total. The number of hydrogen-bond donors (Lipinski definition) is 0. The van der Waals surface area contributed by atoms with Crippen LogP contribution in [-0.4, -0.2) is 58.7 Å². The summed E-state index contributed by atoms with van der Waals surface area (Å²) in [5.74, 6) is 0.819. The highest BCUT2D eigenvalue weighted by Gasteiger charge is 2.52. The summed E-state index contributed by atoms with van der Waals surface area (Å²) < 4.78 is 19.8. The molecular formula is C22H27N5O3. The third-order valence-corrected chi connectivity index (χ3v) is 7.26. The summed E-state index contributed by atoms with van der Waals surface area (Å²) in [5, 5.41) is 8.66. The summed E-state index contributed by atoms with van der Waals surface area (Å²) >= 11 is 0. The van der Waals surface area contributed by atoms with E-state index in [4.69, 9.17) is 19.2 Å². The highest BCUT2D eigenvalue weighted by Crippen LogP contribution is 2.54. The quantitative estimate of drug-likeness (QED) is 0.726. The van der Waals surface area contributed by atoms with Gasteiger partial charge in [0.2, 0.25) is 0 Å². The van der Waals surface area contributed by atoms with E-state index in [-0.39, 0.29) is 6.29 Å². The third-order valence-electron chi connectivity index (χ3n) is 7.26. The molecule has 0 radical (unpaired) electrons. The predicted molar refractivity (Wildman–Crippen MR) is 108 cm³/mol. The monoisotopic (exact) mass is 409 g/mol. The van der Waals surface area contributed by atoms with Gasteiger partial charge in [-0.25, -0.2) is 9.67 Å². The van der Waals surface area contributed by atoms with Crippen LogP contribution in [0.25, 0.3) is 11.4 Å². The average Bonchev–Trinajstić information content (AvgIpc) is 3.63. The molecule has 3 saturated carbocycles. The highest BCUT2D eigenvalue weighted by atomic mass is 16.7. The van der Waals surface area contributed by atoms with Crippen molar-refractivity contribution >= 4 is 5.69 Å². The second-order valence-corrected chi connectivity index (χ2v) is 10.1. The molecule has 3 aliphatic carbocycles. The van der Waals surface area contributed by atoms with Crippen LogP contribution >= 0.6 is 0 Å². The molecule has 7 rings (SSSR count). The van der Waals surface area contributed by atoms with E-state index in [1.807, 2.05) is 12.4 Å². The van der Waals surface area contributed by atoms with Crippen molar-refractivity contribution in [2.75, 3.05) is 31.2 Å². The lowest BCUT2D eigenvalue weighted by Crippen LogP contribution is -2.48. The van der Waals surface area contributed by atoms with Gasteiger partial charge in [0, 0.05) is 30.0 Å². The van der Waals surface area contributed by atoms with Crippen LogP contribution in [0.15, 0.2) is 18.5 Å². The second kappa shape index (κ2) is 6.17. The first-order chi connectivity index (χ1) is 14.7. The van der Waals surface area contributed by atoms with Crippen molar-refractivity contribution in [3.63, 3.8) is 0 Å². The predicted octanol–water partition coefficient (Wildman–Crippen LogP) is 2.63. The SMILES string of the molecule is c1nc(-c2cn(CC3OCC4(CC4)CO3)nn2)c(OC2CC2)cc1N1CC2(CC2)C1. The summed E-state index contributed by atoms with van der Waals surface area (Å²) in [4.78, 5) is 7.15. The lowest BCUT2D eigenvalue weighted by molar-refractivity contribution is -0.213. The molecule has 2 spiro atoms. The van der Waals surface area contributed by atoms with E-state index in [2.05, 4.69) is 21.3 Å². The van der Waals surface area contributed by atoms with E-state index in [0.717, 1.165) is 62.0 Å². The van der Waals surface area contributed by atoms with E-state index in [9.17, 15) is 0 Å². The maximum absolute atomic E-state index is 6.21. The molecule has 2 aromatic heterocycles. The lowest BCUT2D eigenvalue weighted by Gasteiger charge is -2.41. The molecule has 5 fully saturated rings. The smallest absolute Gasteiger partial charge is 0.177 e. The molecule has 0 N–H and O–H groups in total. The summed E-state index contributed by atoms with van der Waals surface area (Å²) in [6, 6.07) is 2.14. The molecule has 0 atom stereocenters. The fraction of sp³-hybridized carbons (Fsp3) is 0.682. The average molecular weight is 409 g/mol. The Hall–Kier alpha value is -2.19. The van der Waals surface area contributed by atoms with Crippen molar-refractivity contribution in [3.05, 3.63) is 18.5 Å². The Morgan fingerprint density at radius 3 is 2.53 bits per heavy atom. The highest BCUT2D eigenvalue weighted by molar-refractivity contribution is 5.66. The van der Waals surface area contributed by atoms with E-state index < -0.39 is 0 Å². The Morgan fingerprint density at radius 2 is 1.83 bits per heavy atom. The summed E-state index contributed by atoms with van der Waals surface area (Å²) in [6.45, 7) is 4.42. The number of rotatable bonds is 6. The standard InChI is InChI=1S/C22H27N5O3/c1-2-16(1)30-18-7-15(26-11-21(12-26)3-4-21)8-23-20(18)17-9-27(25-24-17)10-19-28-13-22(5-6-22)14-29-19/h7-9,16,19H,1-6,10-14H2. The fourth-order valence-corrected chi connectivity index (χ4v) is 4.54. The number of pyridine rings is 1. The molecule has 2 saturated heterocycles. The zero-order chi connectivity index (χ0) is 19.8. The van der Waals surface area contributed by atoms with Crippen LogP contribution in [0.1, 0.15) is 38.5 Å². The molecule has 2 aliphatic heterocycles. The van der Waals surface area contributed by atoms with Gasteiger partial charge < -0.3 is 19.1 Å². The molecule has 0 aromatic carbocycles. The van der Waals surface area contributed by atoms with Crippen LogP contribution in [0.4, 0.5) is 5.69 Å². The van der Waals surface area contributed by atoms with Crippen molar-refractivity contribution in [1.29, 1.82) is 0 Å². The third kappa shape index (κ3) is 3.17. The maximum Gasteiger partial charge on any atom is 0.177 e. The van der Waals surface area contributed by atoms with Crippen LogP contribution in [0.3, 0.4) is 0 Å². The zero-order valence-corrected chi connectivity index (χ0v) is 17.1. The normalized spacial score (nSPS) is 26.1. The van der Waals surface area contributed by atoms with Gasteiger partial charge in [-0.2, -0.15) is 0 Å². The topological polar surface area (TPSA) is 74.5 Å². The van der Waals surface area contributed by atoms with Crippen molar-refractivity contribution in [2.45, 2.75) is 57.5 Å². The number of hydrogen-bond acceptors (Lipinski definition) is 7. The van der Waals surface area contributed by atoms with E-state index >= 15 is 0 Å². The van der Waals surface area contributed by atoms with Gasteiger partial charge in [-0.05, 0) is 38.5 Å². The zero-order valence-electron chi connectivity index (χ0n) is 17.1. The lowest BCUT2D eigenvalue weighted by atomic mass is 9.96. The number of nitrogens with zero attached hydrogens (tertiary/aromatic N) is 5. The maximum atomic E-state index is 6.21. The molecule has 2 aromatic rings. The fourth-order valence-electron chi connectivity index (χ4n) is 4.54. The van der Waals surface area contributed by atoms with E-state index in [0.29, 0.717) is 23.5 Å². The minimum absolute atomic E-state index is 0.260. The first-order valence-electron chi connectivity index (χ1n) is 11.2. The van der Waals surface area contributed by atoms with Crippen molar-refractivity contribution in [2.24, 2.45) is 10.8 Å². The number of ether oxygens (including phenoxy) is 3. The van der Waals surface area contributed by atoms with Crippen LogP contribution in [0.5, 0.6) is 5.75 Å². The Bertz CT molecular complexity index is 961. The Balaban J connectivity index is 1.09. The van der Waals surface area contributed by atoms with Gasteiger partial charge in [0.05, 0.1) is 43.9 Å². The first kappa shape index (κ1) is 17.5. The minimum Gasteiger partial charge on any atom is -0.488 e. The molecule has 30 heavy (non-hydrogen) atoms. The minimum atomic E-state index is -0.260. The molecule has 4 heterocycles.